The third-order valence-electron chi connectivity index (χ3n) is 6.91. The van der Waals surface area contributed by atoms with Crippen molar-refractivity contribution in [3.05, 3.63) is 69.9 Å². The number of fused-ring (bicyclic) bond motifs is 2. The number of amides is 1. The number of nitrogens with one attached hydrogen (secondary N) is 1. The summed E-state index contributed by atoms with van der Waals surface area (Å²) in [5.74, 6) is -0.210. The maximum Gasteiger partial charge on any atom is 0.433 e. The van der Waals surface area contributed by atoms with E-state index in [0.717, 1.165) is 42.0 Å². The van der Waals surface area contributed by atoms with E-state index in [-0.39, 0.29) is 22.3 Å². The number of alkyl halides is 3. The first-order chi connectivity index (χ1) is 17.5. The van der Waals surface area contributed by atoms with Gasteiger partial charge in [-0.05, 0) is 42.2 Å². The van der Waals surface area contributed by atoms with Crippen LogP contribution < -0.4 is 5.32 Å². The van der Waals surface area contributed by atoms with Crippen LogP contribution in [0.25, 0.3) is 16.9 Å². The summed E-state index contributed by atoms with van der Waals surface area (Å²) in [7, 11) is 0. The molecule has 190 valence electrons. The van der Waals surface area contributed by atoms with Crippen molar-refractivity contribution in [3.63, 3.8) is 0 Å². The van der Waals surface area contributed by atoms with Crippen LogP contribution in [-0.2, 0) is 19.0 Å². The fraction of sp³-hybridized carbons (Fsp3) is 0.333. The third kappa shape index (κ3) is 4.60. The lowest BCUT2D eigenvalue weighted by molar-refractivity contribution is -0.142. The molecule has 3 heterocycles. The van der Waals surface area contributed by atoms with Crippen LogP contribution >= 0.6 is 11.3 Å². The Kier molecular flexibility index (Phi) is 6.07. The van der Waals surface area contributed by atoms with Crippen molar-refractivity contribution in [1.82, 2.24) is 14.6 Å². The molecule has 0 spiro atoms. The van der Waals surface area contributed by atoms with Gasteiger partial charge in [0.15, 0.2) is 11.3 Å². The lowest BCUT2D eigenvalue weighted by Gasteiger charge is -2.33. The van der Waals surface area contributed by atoms with Crippen LogP contribution in [0.2, 0.25) is 0 Å². The summed E-state index contributed by atoms with van der Waals surface area (Å²) in [5, 5.41) is 16.9. The number of hydrogen-bond acceptors (Lipinski definition) is 5. The molecule has 0 bridgehead atoms. The second-order valence-electron chi connectivity index (χ2n) is 10.3. The van der Waals surface area contributed by atoms with Crippen LogP contribution in [0.3, 0.4) is 0 Å². The van der Waals surface area contributed by atoms with Crippen molar-refractivity contribution in [2.24, 2.45) is 11.3 Å². The molecular formula is C27H24F3N5OS. The predicted molar refractivity (Wildman–Crippen MR) is 135 cm³/mol. The van der Waals surface area contributed by atoms with Gasteiger partial charge in [0.25, 0.3) is 5.91 Å². The molecule has 1 amide bonds. The fourth-order valence-corrected chi connectivity index (χ4v) is 6.06. The minimum absolute atomic E-state index is 0.0764. The van der Waals surface area contributed by atoms with Gasteiger partial charge in [0.2, 0.25) is 0 Å². The molecule has 1 aliphatic rings. The number of anilines is 1. The number of benzene rings is 1. The van der Waals surface area contributed by atoms with Gasteiger partial charge in [0.1, 0.15) is 16.6 Å². The molecule has 37 heavy (non-hydrogen) atoms. The van der Waals surface area contributed by atoms with Gasteiger partial charge in [-0.1, -0.05) is 51.1 Å². The first kappa shape index (κ1) is 25.0. The van der Waals surface area contributed by atoms with E-state index >= 15 is 0 Å². The third-order valence-corrected chi connectivity index (χ3v) is 8.08. The summed E-state index contributed by atoms with van der Waals surface area (Å²) in [4.78, 5) is 18.8. The zero-order valence-corrected chi connectivity index (χ0v) is 21.3. The maximum absolute atomic E-state index is 13.9. The van der Waals surface area contributed by atoms with E-state index in [1.165, 1.54) is 11.3 Å². The van der Waals surface area contributed by atoms with E-state index < -0.39 is 17.8 Å². The highest BCUT2D eigenvalue weighted by Gasteiger charge is 2.36. The van der Waals surface area contributed by atoms with Crippen LogP contribution in [0.5, 0.6) is 0 Å². The van der Waals surface area contributed by atoms with Gasteiger partial charge in [-0.3, -0.25) is 4.79 Å². The van der Waals surface area contributed by atoms with E-state index in [1.54, 1.807) is 30.3 Å². The van der Waals surface area contributed by atoms with Gasteiger partial charge in [-0.15, -0.1) is 11.3 Å². The molecule has 0 fully saturated rings. The van der Waals surface area contributed by atoms with Crippen molar-refractivity contribution in [2.45, 2.75) is 46.2 Å². The van der Waals surface area contributed by atoms with Crippen molar-refractivity contribution >= 4 is 27.9 Å². The number of nitriles is 1. The molecule has 0 aliphatic heterocycles. The first-order valence-corrected chi connectivity index (χ1v) is 12.7. The number of hydrogen-bond donors (Lipinski definition) is 1. The molecular weight excluding hydrogens is 499 g/mol. The largest absolute Gasteiger partial charge is 0.433 e. The van der Waals surface area contributed by atoms with E-state index in [2.05, 4.69) is 42.2 Å². The Hall–Kier alpha value is -3.71. The summed E-state index contributed by atoms with van der Waals surface area (Å²) in [5.41, 5.74) is 0.699. The van der Waals surface area contributed by atoms with Crippen LogP contribution in [0, 0.1) is 22.7 Å². The number of nitrogens with zero attached hydrogens (tertiary/aromatic N) is 4. The molecule has 1 unspecified atom stereocenters. The second-order valence-corrected chi connectivity index (χ2v) is 11.4. The van der Waals surface area contributed by atoms with E-state index in [9.17, 15) is 23.2 Å². The average molecular weight is 524 g/mol. The molecule has 3 aromatic heterocycles. The maximum atomic E-state index is 13.9. The highest BCUT2D eigenvalue weighted by Crippen LogP contribution is 2.44. The zero-order chi connectivity index (χ0) is 26.5. The Bertz CT molecular complexity index is 1540. The Labute approximate surface area is 215 Å². The van der Waals surface area contributed by atoms with Crippen LogP contribution in [-0.4, -0.2) is 20.5 Å². The van der Waals surface area contributed by atoms with E-state index in [4.69, 9.17) is 0 Å². The normalized spacial score (nSPS) is 15.9. The molecule has 10 heteroatoms. The number of carbonyl (C=O) groups is 1. The number of rotatable bonds is 3. The number of thiophene rings is 1. The van der Waals surface area contributed by atoms with Crippen LogP contribution in [0.1, 0.15) is 59.2 Å². The molecule has 5 rings (SSSR count). The van der Waals surface area contributed by atoms with Gasteiger partial charge in [0, 0.05) is 10.4 Å². The fourth-order valence-electron chi connectivity index (χ4n) is 4.78. The second kappa shape index (κ2) is 8.99. The van der Waals surface area contributed by atoms with Crippen molar-refractivity contribution < 1.29 is 18.0 Å². The molecule has 0 saturated carbocycles. The molecule has 6 nitrogen and oxygen atoms in total. The van der Waals surface area contributed by atoms with Crippen molar-refractivity contribution in [3.8, 4) is 17.3 Å². The number of carbonyl (C=O) groups excluding carboxylic acids is 1. The van der Waals surface area contributed by atoms with Gasteiger partial charge in [-0.25, -0.2) is 9.50 Å². The topological polar surface area (TPSA) is 83.1 Å². The summed E-state index contributed by atoms with van der Waals surface area (Å²) >= 11 is 1.36. The van der Waals surface area contributed by atoms with Gasteiger partial charge in [0.05, 0.1) is 17.5 Å². The van der Waals surface area contributed by atoms with Gasteiger partial charge >= 0.3 is 6.18 Å². The Balaban J connectivity index is 1.54. The summed E-state index contributed by atoms with van der Waals surface area (Å²) in [6.45, 7) is 6.59. The first-order valence-electron chi connectivity index (χ1n) is 11.8. The standard InChI is InChI=1S/C27H24F3N5OS/c1-26(2,3)16-9-10-17-18(13-31)25(37-21(17)11-16)34-24(36)19-14-32-35-22(27(28,29)30)12-20(33-23(19)35)15-7-5-4-6-8-15/h4-8,12,14,16H,9-11H2,1-3H3,(H,34,36). The molecule has 0 saturated heterocycles. The lowest BCUT2D eigenvalue weighted by atomic mass is 9.72. The predicted octanol–water partition coefficient (Wildman–Crippen LogP) is 6.75. The summed E-state index contributed by atoms with van der Waals surface area (Å²) in [6, 6.07) is 11.6. The highest BCUT2D eigenvalue weighted by atomic mass is 32.1. The number of aromatic nitrogens is 3. The summed E-state index contributed by atoms with van der Waals surface area (Å²) in [6.07, 6.45) is -1.11. The highest BCUT2D eigenvalue weighted by molar-refractivity contribution is 7.16. The van der Waals surface area contributed by atoms with Crippen molar-refractivity contribution in [2.75, 3.05) is 5.32 Å². The van der Waals surface area contributed by atoms with Gasteiger partial charge < -0.3 is 5.32 Å². The minimum atomic E-state index is -4.71. The molecule has 1 atom stereocenters. The molecule has 1 aliphatic carbocycles. The molecule has 0 radical (unpaired) electrons. The minimum Gasteiger partial charge on any atom is -0.312 e. The Morgan fingerprint density at radius 2 is 1.95 bits per heavy atom. The Morgan fingerprint density at radius 1 is 1.22 bits per heavy atom. The van der Waals surface area contributed by atoms with Crippen molar-refractivity contribution in [1.29, 1.82) is 5.26 Å². The van der Waals surface area contributed by atoms with E-state index in [1.807, 2.05) is 0 Å². The smallest absolute Gasteiger partial charge is 0.312 e. The summed E-state index contributed by atoms with van der Waals surface area (Å²) < 4.78 is 42.3. The molecule has 4 aromatic rings. The van der Waals surface area contributed by atoms with E-state index in [0.29, 0.717) is 26.6 Å². The average Bonchev–Trinajstić information content (AvgIpc) is 3.43. The van der Waals surface area contributed by atoms with Gasteiger partial charge in [-0.2, -0.15) is 23.5 Å². The number of halogens is 3. The van der Waals surface area contributed by atoms with Crippen LogP contribution in [0.15, 0.2) is 42.6 Å². The monoisotopic (exact) mass is 523 g/mol. The zero-order valence-electron chi connectivity index (χ0n) is 20.5. The Morgan fingerprint density at radius 3 is 2.59 bits per heavy atom. The van der Waals surface area contributed by atoms with Crippen LogP contribution in [0.4, 0.5) is 18.2 Å². The lowest BCUT2D eigenvalue weighted by Crippen LogP contribution is -2.26. The SMILES string of the molecule is CC(C)(C)C1CCc2c(sc(NC(=O)c3cnn4c(C(F)(F)F)cc(-c5ccccc5)nc34)c2C#N)C1. The quantitative estimate of drug-likeness (QED) is 0.322. The molecule has 1 N–H and O–H groups in total. The molecule has 1 aromatic carbocycles.